The molecule has 0 fully saturated rings. The summed E-state index contributed by atoms with van der Waals surface area (Å²) in [5.41, 5.74) is 0.943. The quantitative estimate of drug-likeness (QED) is 0.812. The monoisotopic (exact) mass is 273 g/mol. The average Bonchev–Trinajstić information content (AvgIpc) is 2.82. The number of anilines is 1. The summed E-state index contributed by atoms with van der Waals surface area (Å²) in [7, 11) is 0. The molecule has 0 bridgehead atoms. The molecular weight excluding hydrogens is 262 g/mol. The zero-order valence-electron chi connectivity index (χ0n) is 10.2. The van der Waals surface area contributed by atoms with Gasteiger partial charge in [-0.25, -0.2) is 9.97 Å². The van der Waals surface area contributed by atoms with Crippen molar-refractivity contribution in [2.75, 3.05) is 11.9 Å². The van der Waals surface area contributed by atoms with Gasteiger partial charge in [0.05, 0.1) is 0 Å². The Hall–Kier alpha value is -2.23. The van der Waals surface area contributed by atoms with Crippen molar-refractivity contribution in [1.82, 2.24) is 9.97 Å². The smallest absolute Gasteiger partial charge is 0.276 e. The fraction of sp³-hybridized carbons (Fsp3) is 0.154. The fourth-order valence-electron chi connectivity index (χ4n) is 1.32. The van der Waals surface area contributed by atoms with E-state index in [1.165, 1.54) is 17.5 Å². The van der Waals surface area contributed by atoms with Gasteiger partial charge in [0, 0.05) is 22.8 Å². The molecule has 0 spiro atoms. The Kier molecular flexibility index (Phi) is 4.23. The molecule has 0 saturated carbocycles. The van der Waals surface area contributed by atoms with Gasteiger partial charge >= 0.3 is 0 Å². The maximum absolute atomic E-state index is 11.9. The molecule has 0 atom stereocenters. The minimum Gasteiger partial charge on any atom is -0.384 e. The van der Waals surface area contributed by atoms with Crippen LogP contribution in [0.25, 0.3) is 0 Å². The topological polar surface area (TPSA) is 75.1 Å². The molecule has 2 rings (SSSR count). The van der Waals surface area contributed by atoms with Crippen LogP contribution in [0.15, 0.2) is 24.5 Å². The lowest BCUT2D eigenvalue weighted by atomic mass is 10.2. The number of carbonyl (C=O) groups is 1. The number of thiazole rings is 1. The summed E-state index contributed by atoms with van der Waals surface area (Å²) >= 11 is 1.40. The van der Waals surface area contributed by atoms with Gasteiger partial charge < -0.3 is 5.11 Å². The number of amides is 1. The first-order valence-electron chi connectivity index (χ1n) is 5.48. The van der Waals surface area contributed by atoms with Crippen LogP contribution in [0.5, 0.6) is 0 Å². The normalized spacial score (nSPS) is 9.58. The van der Waals surface area contributed by atoms with E-state index in [-0.39, 0.29) is 12.5 Å². The number of nitrogens with one attached hydrogen (secondary N) is 1. The molecule has 2 heterocycles. The van der Waals surface area contributed by atoms with Crippen molar-refractivity contribution in [3.63, 3.8) is 0 Å². The van der Waals surface area contributed by atoms with Crippen molar-refractivity contribution < 1.29 is 9.90 Å². The van der Waals surface area contributed by atoms with Crippen LogP contribution < -0.4 is 5.32 Å². The number of rotatable bonds is 2. The molecule has 0 aliphatic rings. The molecule has 0 unspecified atom stereocenters. The van der Waals surface area contributed by atoms with E-state index in [1.807, 2.05) is 6.92 Å². The lowest BCUT2D eigenvalue weighted by molar-refractivity contribution is 0.102. The van der Waals surface area contributed by atoms with Crippen molar-refractivity contribution >= 4 is 22.4 Å². The Balaban J connectivity index is 2.07. The third-order valence-corrected chi connectivity index (χ3v) is 2.98. The van der Waals surface area contributed by atoms with Gasteiger partial charge in [0.15, 0.2) is 5.13 Å². The maximum Gasteiger partial charge on any atom is 0.276 e. The number of aryl methyl sites for hydroxylation is 1. The molecule has 0 aliphatic heterocycles. The summed E-state index contributed by atoms with van der Waals surface area (Å²) in [6.07, 6.45) is 3.19. The van der Waals surface area contributed by atoms with Crippen LogP contribution >= 0.6 is 11.3 Å². The van der Waals surface area contributed by atoms with E-state index in [9.17, 15) is 4.79 Å². The molecular formula is C13H11N3O2S. The predicted molar refractivity (Wildman–Crippen MR) is 73.0 cm³/mol. The number of aliphatic hydroxyl groups excluding tert-OH is 1. The Labute approximate surface area is 114 Å². The second-order valence-electron chi connectivity index (χ2n) is 3.62. The molecule has 2 aromatic rings. The van der Waals surface area contributed by atoms with Crippen molar-refractivity contribution in [2.24, 2.45) is 0 Å². The van der Waals surface area contributed by atoms with E-state index in [2.05, 4.69) is 27.1 Å². The van der Waals surface area contributed by atoms with Crippen molar-refractivity contribution in [2.45, 2.75) is 6.92 Å². The predicted octanol–water partition coefficient (Wildman–Crippen LogP) is 1.44. The number of hydrogen-bond donors (Lipinski definition) is 2. The molecule has 0 aliphatic carbocycles. The Morgan fingerprint density at radius 3 is 2.84 bits per heavy atom. The first-order chi connectivity index (χ1) is 9.19. The second-order valence-corrected chi connectivity index (χ2v) is 4.86. The maximum atomic E-state index is 11.9. The number of hydrogen-bond acceptors (Lipinski definition) is 5. The molecule has 0 aromatic carbocycles. The molecule has 2 aromatic heterocycles. The highest BCUT2D eigenvalue weighted by Crippen LogP contribution is 2.17. The van der Waals surface area contributed by atoms with Crippen LogP contribution in [-0.4, -0.2) is 27.6 Å². The summed E-state index contributed by atoms with van der Waals surface area (Å²) in [5, 5.41) is 11.8. The molecule has 5 nitrogen and oxygen atoms in total. The SMILES string of the molecule is Cc1cnc(NC(=O)c2ccc(C#CCO)cn2)s1. The lowest BCUT2D eigenvalue weighted by Crippen LogP contribution is -2.13. The van der Waals surface area contributed by atoms with Crippen LogP contribution in [0.1, 0.15) is 20.9 Å². The van der Waals surface area contributed by atoms with Gasteiger partial charge in [0.25, 0.3) is 5.91 Å². The molecule has 0 radical (unpaired) electrons. The van der Waals surface area contributed by atoms with Gasteiger partial charge in [-0.05, 0) is 19.1 Å². The first kappa shape index (κ1) is 13.2. The number of nitrogens with zero attached hydrogens (tertiary/aromatic N) is 2. The lowest BCUT2D eigenvalue weighted by Gasteiger charge is -2.00. The fourth-order valence-corrected chi connectivity index (χ4v) is 1.98. The molecule has 6 heteroatoms. The van der Waals surface area contributed by atoms with Gasteiger partial charge in [-0.1, -0.05) is 11.8 Å². The third-order valence-electron chi connectivity index (χ3n) is 2.15. The minimum absolute atomic E-state index is 0.203. The van der Waals surface area contributed by atoms with Crippen LogP contribution in [0.3, 0.4) is 0 Å². The summed E-state index contributed by atoms with van der Waals surface area (Å²) in [6, 6.07) is 3.26. The first-order valence-corrected chi connectivity index (χ1v) is 6.30. The van der Waals surface area contributed by atoms with Gasteiger partial charge in [-0.3, -0.25) is 10.1 Å². The number of pyridine rings is 1. The highest BCUT2D eigenvalue weighted by molar-refractivity contribution is 7.15. The van der Waals surface area contributed by atoms with Crippen LogP contribution in [0, 0.1) is 18.8 Å². The van der Waals surface area contributed by atoms with Crippen molar-refractivity contribution in [3.05, 3.63) is 40.7 Å². The van der Waals surface area contributed by atoms with E-state index in [1.54, 1.807) is 18.3 Å². The van der Waals surface area contributed by atoms with E-state index >= 15 is 0 Å². The van der Waals surface area contributed by atoms with Crippen LogP contribution in [-0.2, 0) is 0 Å². The summed E-state index contributed by atoms with van der Waals surface area (Å²) in [6.45, 7) is 1.71. The Morgan fingerprint density at radius 1 is 1.42 bits per heavy atom. The summed E-state index contributed by atoms with van der Waals surface area (Å²) in [4.78, 5) is 21.0. The zero-order chi connectivity index (χ0) is 13.7. The van der Waals surface area contributed by atoms with Gasteiger partial charge in [-0.2, -0.15) is 0 Å². The number of carbonyl (C=O) groups excluding carboxylic acids is 1. The molecule has 0 saturated heterocycles. The zero-order valence-corrected chi connectivity index (χ0v) is 11.0. The highest BCUT2D eigenvalue weighted by Gasteiger charge is 2.09. The van der Waals surface area contributed by atoms with E-state index in [0.29, 0.717) is 16.4 Å². The summed E-state index contributed by atoms with van der Waals surface area (Å²) < 4.78 is 0. The number of aromatic nitrogens is 2. The van der Waals surface area contributed by atoms with E-state index < -0.39 is 0 Å². The third kappa shape index (κ3) is 3.61. The summed E-state index contributed by atoms with van der Waals surface area (Å²) in [5.74, 6) is 4.91. The van der Waals surface area contributed by atoms with E-state index in [0.717, 1.165) is 4.88 Å². The molecule has 1 amide bonds. The minimum atomic E-state index is -0.309. The van der Waals surface area contributed by atoms with Crippen LogP contribution in [0.2, 0.25) is 0 Å². The second kappa shape index (κ2) is 6.09. The Bertz CT molecular complexity index is 638. The Morgan fingerprint density at radius 2 is 2.26 bits per heavy atom. The van der Waals surface area contributed by atoms with Crippen molar-refractivity contribution in [1.29, 1.82) is 0 Å². The highest BCUT2D eigenvalue weighted by atomic mass is 32.1. The van der Waals surface area contributed by atoms with Crippen LogP contribution in [0.4, 0.5) is 5.13 Å². The van der Waals surface area contributed by atoms with Crippen molar-refractivity contribution in [3.8, 4) is 11.8 Å². The molecule has 19 heavy (non-hydrogen) atoms. The largest absolute Gasteiger partial charge is 0.384 e. The van der Waals surface area contributed by atoms with Gasteiger partial charge in [0.1, 0.15) is 12.3 Å². The average molecular weight is 273 g/mol. The molecule has 2 N–H and O–H groups in total. The standard InChI is InChI=1S/C13H11N3O2S/c1-9-7-15-13(19-9)16-12(18)11-5-4-10(8-14-11)3-2-6-17/h4-5,7-8,17H,6H2,1H3,(H,15,16,18). The van der Waals surface area contributed by atoms with E-state index in [4.69, 9.17) is 5.11 Å². The number of aliphatic hydroxyl groups is 1. The van der Waals surface area contributed by atoms with Gasteiger partial charge in [-0.15, -0.1) is 11.3 Å². The van der Waals surface area contributed by atoms with Gasteiger partial charge in [0.2, 0.25) is 0 Å². The molecule has 96 valence electrons.